The van der Waals surface area contributed by atoms with E-state index < -0.39 is 0 Å². The Hall–Kier alpha value is 0.400. The second-order valence-corrected chi connectivity index (χ2v) is 6.30. The highest BCUT2D eigenvalue weighted by Crippen LogP contribution is 2.19. The fourth-order valence-electron chi connectivity index (χ4n) is 2.46. The molecule has 0 amide bonds. The summed E-state index contributed by atoms with van der Waals surface area (Å²) in [7, 11) is 4.53. The minimum absolute atomic E-state index is 0.763. The molecule has 1 heterocycles. The van der Waals surface area contributed by atoms with Gasteiger partial charge in [0.15, 0.2) is 0 Å². The van der Waals surface area contributed by atoms with Gasteiger partial charge in [0.25, 0.3) is 0 Å². The molecular weight excluding hydrogens is 264 g/mol. The van der Waals surface area contributed by atoms with Gasteiger partial charge in [-0.2, -0.15) is 0 Å². The Labute approximate surface area is 109 Å². The van der Waals surface area contributed by atoms with Crippen LogP contribution >= 0.6 is 15.9 Å². The number of piperidine rings is 1. The monoisotopic (exact) mass is 290 g/mol. The predicted molar refractivity (Wildman–Crippen MR) is 75.3 cm³/mol. The Morgan fingerprint density at radius 2 is 2.12 bits per heavy atom. The molecule has 1 fully saturated rings. The molecule has 0 bridgehead atoms. The summed E-state index contributed by atoms with van der Waals surface area (Å²) in [6.07, 6.45) is 2.72. The molecular formula is C13H27BrN2. The number of nitrogens with zero attached hydrogens (tertiary/aromatic N) is 2. The van der Waals surface area contributed by atoms with Gasteiger partial charge in [-0.3, -0.25) is 0 Å². The van der Waals surface area contributed by atoms with E-state index in [-0.39, 0.29) is 0 Å². The van der Waals surface area contributed by atoms with Crippen LogP contribution in [0.1, 0.15) is 26.7 Å². The van der Waals surface area contributed by atoms with Gasteiger partial charge < -0.3 is 9.80 Å². The summed E-state index contributed by atoms with van der Waals surface area (Å²) in [6.45, 7) is 8.39. The molecule has 1 rings (SSSR count). The zero-order chi connectivity index (χ0) is 12.1. The molecule has 0 saturated carbocycles. The van der Waals surface area contributed by atoms with E-state index in [1.807, 2.05) is 0 Å². The third-order valence-electron chi connectivity index (χ3n) is 3.89. The Bertz CT molecular complexity index is 196. The van der Waals surface area contributed by atoms with Crippen molar-refractivity contribution in [3.63, 3.8) is 0 Å². The first kappa shape index (κ1) is 14.5. The maximum absolute atomic E-state index is 3.64. The van der Waals surface area contributed by atoms with Crippen molar-refractivity contribution < 1.29 is 0 Å². The lowest BCUT2D eigenvalue weighted by Crippen LogP contribution is -2.47. The van der Waals surface area contributed by atoms with Crippen molar-refractivity contribution in [2.75, 3.05) is 39.1 Å². The lowest BCUT2D eigenvalue weighted by molar-refractivity contribution is 0.116. The number of hydrogen-bond acceptors (Lipinski definition) is 2. The third-order valence-corrected chi connectivity index (χ3v) is 4.72. The molecule has 2 nitrogen and oxygen atoms in total. The summed E-state index contributed by atoms with van der Waals surface area (Å²) in [5.41, 5.74) is 0. The average Bonchev–Trinajstić information content (AvgIpc) is 2.25. The maximum atomic E-state index is 3.64. The first-order valence-electron chi connectivity index (χ1n) is 6.49. The fourth-order valence-corrected chi connectivity index (χ4v) is 3.41. The van der Waals surface area contributed by atoms with Crippen molar-refractivity contribution in [1.29, 1.82) is 0 Å². The van der Waals surface area contributed by atoms with E-state index in [0.29, 0.717) is 0 Å². The second-order valence-electron chi connectivity index (χ2n) is 5.66. The van der Waals surface area contributed by atoms with Crippen molar-refractivity contribution >= 4 is 15.9 Å². The van der Waals surface area contributed by atoms with Crippen LogP contribution in [-0.2, 0) is 0 Å². The minimum atomic E-state index is 0.763. The van der Waals surface area contributed by atoms with Crippen LogP contribution in [0.15, 0.2) is 0 Å². The van der Waals surface area contributed by atoms with Gasteiger partial charge in [0, 0.05) is 24.5 Å². The number of halogens is 1. The van der Waals surface area contributed by atoms with Gasteiger partial charge in [0.05, 0.1) is 0 Å². The molecule has 0 aromatic rings. The molecule has 0 radical (unpaired) electrons. The molecule has 0 N–H and O–H groups in total. The van der Waals surface area contributed by atoms with Crippen LogP contribution in [0.25, 0.3) is 0 Å². The lowest BCUT2D eigenvalue weighted by Gasteiger charge is -2.37. The fraction of sp³-hybridized carbons (Fsp3) is 1.00. The molecule has 1 aliphatic heterocycles. The molecule has 16 heavy (non-hydrogen) atoms. The number of rotatable bonds is 5. The van der Waals surface area contributed by atoms with Gasteiger partial charge in [-0.15, -0.1) is 0 Å². The van der Waals surface area contributed by atoms with Crippen LogP contribution in [0, 0.1) is 11.8 Å². The molecule has 2 unspecified atom stereocenters. The number of likely N-dealkylation sites (tertiary alicyclic amines) is 1. The Kier molecular flexibility index (Phi) is 6.30. The standard InChI is InChI=1S/C13H27BrN2/c1-11(2)12(8-14)9-16(4)13-6-5-7-15(3)10-13/h11-13H,5-10H2,1-4H3. The summed E-state index contributed by atoms with van der Waals surface area (Å²) in [4.78, 5) is 5.03. The maximum Gasteiger partial charge on any atom is 0.0220 e. The van der Waals surface area contributed by atoms with Crippen molar-refractivity contribution in [2.24, 2.45) is 11.8 Å². The molecule has 2 atom stereocenters. The van der Waals surface area contributed by atoms with Gasteiger partial charge in [-0.1, -0.05) is 29.8 Å². The molecule has 1 saturated heterocycles. The lowest BCUT2D eigenvalue weighted by atomic mass is 9.96. The van der Waals surface area contributed by atoms with E-state index in [1.54, 1.807) is 0 Å². The van der Waals surface area contributed by atoms with Crippen LogP contribution < -0.4 is 0 Å². The van der Waals surface area contributed by atoms with E-state index in [4.69, 9.17) is 0 Å². The predicted octanol–water partition coefficient (Wildman–Crippen LogP) is 2.68. The molecule has 0 aliphatic carbocycles. The van der Waals surface area contributed by atoms with Crippen molar-refractivity contribution in [3.8, 4) is 0 Å². The van der Waals surface area contributed by atoms with Gasteiger partial charge in [-0.05, 0) is 45.3 Å². The van der Waals surface area contributed by atoms with Gasteiger partial charge in [-0.25, -0.2) is 0 Å². The molecule has 3 heteroatoms. The number of likely N-dealkylation sites (N-methyl/N-ethyl adjacent to an activating group) is 2. The summed E-state index contributed by atoms with van der Waals surface area (Å²) >= 11 is 3.64. The van der Waals surface area contributed by atoms with Crippen LogP contribution in [0.2, 0.25) is 0 Å². The van der Waals surface area contributed by atoms with E-state index in [9.17, 15) is 0 Å². The van der Waals surface area contributed by atoms with E-state index in [0.717, 1.165) is 23.2 Å². The zero-order valence-corrected chi connectivity index (χ0v) is 12.8. The number of hydrogen-bond donors (Lipinski definition) is 0. The largest absolute Gasteiger partial charge is 0.305 e. The molecule has 0 aromatic carbocycles. The Balaban J connectivity index is 2.40. The molecule has 1 aliphatic rings. The Morgan fingerprint density at radius 1 is 1.44 bits per heavy atom. The van der Waals surface area contributed by atoms with E-state index in [1.165, 1.54) is 32.5 Å². The topological polar surface area (TPSA) is 6.48 Å². The molecule has 96 valence electrons. The van der Waals surface area contributed by atoms with Crippen molar-refractivity contribution in [2.45, 2.75) is 32.7 Å². The highest BCUT2D eigenvalue weighted by molar-refractivity contribution is 9.09. The summed E-state index contributed by atoms with van der Waals surface area (Å²) in [6, 6.07) is 0.763. The van der Waals surface area contributed by atoms with E-state index >= 15 is 0 Å². The second kappa shape index (κ2) is 6.97. The first-order valence-corrected chi connectivity index (χ1v) is 7.61. The van der Waals surface area contributed by atoms with Gasteiger partial charge >= 0.3 is 0 Å². The smallest absolute Gasteiger partial charge is 0.0220 e. The van der Waals surface area contributed by atoms with Crippen LogP contribution in [0.5, 0.6) is 0 Å². The summed E-state index contributed by atoms with van der Waals surface area (Å²) in [5, 5.41) is 1.12. The Morgan fingerprint density at radius 3 is 2.62 bits per heavy atom. The zero-order valence-electron chi connectivity index (χ0n) is 11.2. The quantitative estimate of drug-likeness (QED) is 0.719. The first-order chi connectivity index (χ1) is 7.54. The van der Waals surface area contributed by atoms with Gasteiger partial charge in [0.2, 0.25) is 0 Å². The summed E-state index contributed by atoms with van der Waals surface area (Å²) < 4.78 is 0. The average molecular weight is 291 g/mol. The van der Waals surface area contributed by atoms with Crippen LogP contribution in [0.3, 0.4) is 0 Å². The molecule has 0 spiro atoms. The van der Waals surface area contributed by atoms with Crippen molar-refractivity contribution in [3.05, 3.63) is 0 Å². The van der Waals surface area contributed by atoms with Crippen LogP contribution in [0.4, 0.5) is 0 Å². The normalized spacial score (nSPS) is 25.3. The highest BCUT2D eigenvalue weighted by atomic mass is 79.9. The van der Waals surface area contributed by atoms with E-state index in [2.05, 4.69) is 53.7 Å². The SMILES string of the molecule is CC(C)C(CBr)CN(C)C1CCCN(C)C1. The molecule has 0 aromatic heterocycles. The van der Waals surface area contributed by atoms with Crippen LogP contribution in [-0.4, -0.2) is 54.9 Å². The summed E-state index contributed by atoms with van der Waals surface area (Å²) in [5.74, 6) is 1.54. The highest BCUT2D eigenvalue weighted by Gasteiger charge is 2.23. The van der Waals surface area contributed by atoms with Crippen molar-refractivity contribution in [1.82, 2.24) is 9.80 Å². The third kappa shape index (κ3) is 4.34. The number of alkyl halides is 1. The van der Waals surface area contributed by atoms with Gasteiger partial charge in [0.1, 0.15) is 0 Å². The minimum Gasteiger partial charge on any atom is -0.305 e.